The fourth-order valence-electron chi connectivity index (χ4n) is 4.93. The molecule has 2 saturated heterocycles. The summed E-state index contributed by atoms with van der Waals surface area (Å²) in [6.45, 7) is 6.32. The molecule has 35 heavy (non-hydrogen) atoms. The smallest absolute Gasteiger partial charge is 0.238 e. The lowest BCUT2D eigenvalue weighted by molar-refractivity contribution is -0.134. The van der Waals surface area contributed by atoms with Gasteiger partial charge in [-0.1, -0.05) is 23.8 Å². The largest absolute Gasteiger partial charge is 0.497 e. The van der Waals surface area contributed by atoms with Gasteiger partial charge >= 0.3 is 0 Å². The summed E-state index contributed by atoms with van der Waals surface area (Å²) in [5.74, 6) is 1.68. The molecule has 2 aromatic rings. The molecule has 1 atom stereocenters. The number of carbonyl (C=O) groups excluding carboxylic acids is 2. The molecule has 2 fully saturated rings. The normalized spacial score (nSPS) is 18.9. The first-order chi connectivity index (χ1) is 17.0. The molecule has 2 aliphatic rings. The zero-order valence-corrected chi connectivity index (χ0v) is 21.0. The van der Waals surface area contributed by atoms with E-state index in [9.17, 15) is 9.59 Å². The van der Waals surface area contributed by atoms with Crippen LogP contribution in [-0.4, -0.2) is 86.5 Å². The summed E-state index contributed by atoms with van der Waals surface area (Å²) < 4.78 is 10.9. The molecule has 0 radical (unpaired) electrons. The zero-order valence-electron chi connectivity index (χ0n) is 21.0. The van der Waals surface area contributed by atoms with Gasteiger partial charge < -0.3 is 19.7 Å². The second kappa shape index (κ2) is 11.6. The standard InChI is InChI=1S/C27H36N4O4/c1-20-6-8-21(9-7-20)28-26(32)18-29-13-15-30(16-14-29)27(33)19-31-12-4-5-24(31)23-11-10-22(34-2)17-25(23)35-3/h6-11,17,24H,4-5,12-16,18-19H2,1-3H3,(H,28,32). The van der Waals surface area contributed by atoms with Gasteiger partial charge in [0.1, 0.15) is 11.5 Å². The van der Waals surface area contributed by atoms with Gasteiger partial charge in [0.2, 0.25) is 11.8 Å². The number of rotatable bonds is 8. The molecule has 0 aromatic heterocycles. The third-order valence-electron chi connectivity index (χ3n) is 6.93. The van der Waals surface area contributed by atoms with Gasteiger partial charge in [0.25, 0.3) is 0 Å². The lowest BCUT2D eigenvalue weighted by atomic mass is 10.0. The highest BCUT2D eigenvalue weighted by Crippen LogP contribution is 2.38. The Hall–Kier alpha value is -3.10. The van der Waals surface area contributed by atoms with Crippen LogP contribution in [0, 0.1) is 6.92 Å². The number of methoxy groups -OCH3 is 2. The topological polar surface area (TPSA) is 74.4 Å². The molecule has 0 spiro atoms. The van der Waals surface area contributed by atoms with Gasteiger partial charge in [-0.2, -0.15) is 0 Å². The van der Waals surface area contributed by atoms with E-state index in [2.05, 4.69) is 15.1 Å². The van der Waals surface area contributed by atoms with Crippen molar-refractivity contribution < 1.29 is 19.1 Å². The van der Waals surface area contributed by atoms with Crippen LogP contribution in [0.25, 0.3) is 0 Å². The van der Waals surface area contributed by atoms with Crippen molar-refractivity contribution in [2.24, 2.45) is 0 Å². The van der Waals surface area contributed by atoms with Crippen molar-refractivity contribution >= 4 is 17.5 Å². The van der Waals surface area contributed by atoms with Crippen molar-refractivity contribution in [1.82, 2.24) is 14.7 Å². The maximum atomic E-state index is 13.1. The van der Waals surface area contributed by atoms with Gasteiger partial charge in [0.15, 0.2) is 0 Å². The summed E-state index contributed by atoms with van der Waals surface area (Å²) in [4.78, 5) is 31.8. The van der Waals surface area contributed by atoms with E-state index in [1.807, 2.05) is 54.3 Å². The van der Waals surface area contributed by atoms with E-state index in [-0.39, 0.29) is 17.9 Å². The molecule has 1 N–H and O–H groups in total. The molecule has 4 rings (SSSR count). The van der Waals surface area contributed by atoms with Gasteiger partial charge in [-0.25, -0.2) is 0 Å². The molecule has 1 unspecified atom stereocenters. The molecule has 188 valence electrons. The number of hydrogen-bond acceptors (Lipinski definition) is 6. The van der Waals surface area contributed by atoms with Crippen molar-refractivity contribution in [2.75, 3.05) is 65.3 Å². The zero-order chi connectivity index (χ0) is 24.8. The number of nitrogens with zero attached hydrogens (tertiary/aromatic N) is 3. The molecule has 0 bridgehead atoms. The maximum Gasteiger partial charge on any atom is 0.238 e. The van der Waals surface area contributed by atoms with Gasteiger partial charge in [0.05, 0.1) is 27.3 Å². The van der Waals surface area contributed by atoms with Crippen LogP contribution in [0.2, 0.25) is 0 Å². The SMILES string of the molecule is COc1ccc(C2CCCN2CC(=O)N2CCN(CC(=O)Nc3ccc(C)cc3)CC2)c(OC)c1. The lowest BCUT2D eigenvalue weighted by Crippen LogP contribution is -2.52. The fraction of sp³-hybridized carbons (Fsp3) is 0.481. The van der Waals surface area contributed by atoms with Crippen molar-refractivity contribution in [2.45, 2.75) is 25.8 Å². The Labute approximate surface area is 207 Å². The maximum absolute atomic E-state index is 13.1. The van der Waals surface area contributed by atoms with E-state index < -0.39 is 0 Å². The molecule has 2 aliphatic heterocycles. The van der Waals surface area contributed by atoms with E-state index in [4.69, 9.17) is 9.47 Å². The molecular formula is C27H36N4O4. The van der Waals surface area contributed by atoms with E-state index in [0.717, 1.165) is 47.7 Å². The molecule has 2 heterocycles. The van der Waals surface area contributed by atoms with Crippen molar-refractivity contribution in [3.05, 3.63) is 53.6 Å². The number of ether oxygens (including phenoxy) is 2. The minimum absolute atomic E-state index is 0.0259. The Kier molecular flexibility index (Phi) is 8.25. The van der Waals surface area contributed by atoms with Crippen LogP contribution >= 0.6 is 0 Å². The summed E-state index contributed by atoms with van der Waals surface area (Å²) in [7, 11) is 3.31. The number of amides is 2. The Morgan fingerprint density at radius 3 is 2.37 bits per heavy atom. The number of piperazine rings is 1. The first-order valence-corrected chi connectivity index (χ1v) is 12.3. The second-order valence-corrected chi connectivity index (χ2v) is 9.31. The number of hydrogen-bond donors (Lipinski definition) is 1. The highest BCUT2D eigenvalue weighted by atomic mass is 16.5. The van der Waals surface area contributed by atoms with Crippen molar-refractivity contribution in [1.29, 1.82) is 0 Å². The molecule has 8 heteroatoms. The molecule has 0 aliphatic carbocycles. The van der Waals surface area contributed by atoms with Crippen LogP contribution < -0.4 is 14.8 Å². The third-order valence-corrected chi connectivity index (χ3v) is 6.93. The highest BCUT2D eigenvalue weighted by Gasteiger charge is 2.32. The van der Waals surface area contributed by atoms with Gasteiger partial charge in [-0.15, -0.1) is 0 Å². The monoisotopic (exact) mass is 480 g/mol. The summed E-state index contributed by atoms with van der Waals surface area (Å²) in [6, 6.07) is 13.9. The van der Waals surface area contributed by atoms with E-state index in [1.54, 1.807) is 14.2 Å². The van der Waals surface area contributed by atoms with Gasteiger partial charge in [-0.3, -0.25) is 19.4 Å². The van der Waals surface area contributed by atoms with Crippen LogP contribution in [0.4, 0.5) is 5.69 Å². The lowest BCUT2D eigenvalue weighted by Gasteiger charge is -2.36. The minimum Gasteiger partial charge on any atom is -0.497 e. The van der Waals surface area contributed by atoms with Gasteiger partial charge in [0, 0.05) is 49.5 Å². The quantitative estimate of drug-likeness (QED) is 0.626. The van der Waals surface area contributed by atoms with Crippen molar-refractivity contribution in [3.8, 4) is 11.5 Å². The van der Waals surface area contributed by atoms with Crippen molar-refractivity contribution in [3.63, 3.8) is 0 Å². The molecule has 2 aromatic carbocycles. The van der Waals surface area contributed by atoms with E-state index >= 15 is 0 Å². The van der Waals surface area contributed by atoms with Crippen LogP contribution in [-0.2, 0) is 9.59 Å². The summed E-state index contributed by atoms with van der Waals surface area (Å²) >= 11 is 0. The molecule has 8 nitrogen and oxygen atoms in total. The highest BCUT2D eigenvalue weighted by molar-refractivity contribution is 5.92. The summed E-state index contributed by atoms with van der Waals surface area (Å²) in [5, 5.41) is 2.95. The number of aryl methyl sites for hydroxylation is 1. The Morgan fingerprint density at radius 2 is 1.69 bits per heavy atom. The molecule has 2 amide bonds. The van der Waals surface area contributed by atoms with E-state index in [1.165, 1.54) is 0 Å². The minimum atomic E-state index is -0.0259. The van der Waals surface area contributed by atoms with Crippen LogP contribution in [0.1, 0.15) is 30.0 Å². The number of nitrogens with one attached hydrogen (secondary N) is 1. The third kappa shape index (κ3) is 6.32. The Morgan fingerprint density at radius 1 is 0.943 bits per heavy atom. The fourth-order valence-corrected chi connectivity index (χ4v) is 4.93. The number of anilines is 1. The number of likely N-dealkylation sites (tertiary alicyclic amines) is 1. The first kappa shape index (κ1) is 25.0. The Bertz CT molecular complexity index is 1020. The second-order valence-electron chi connectivity index (χ2n) is 9.31. The average molecular weight is 481 g/mol. The first-order valence-electron chi connectivity index (χ1n) is 12.3. The number of carbonyl (C=O) groups is 2. The molecule has 0 saturated carbocycles. The summed E-state index contributed by atoms with van der Waals surface area (Å²) in [6.07, 6.45) is 2.05. The summed E-state index contributed by atoms with van der Waals surface area (Å²) in [5.41, 5.74) is 3.07. The van der Waals surface area contributed by atoms with Crippen LogP contribution in [0.5, 0.6) is 11.5 Å². The average Bonchev–Trinajstić information content (AvgIpc) is 3.33. The predicted octanol–water partition coefficient (Wildman–Crippen LogP) is 2.93. The van der Waals surface area contributed by atoms with Crippen LogP contribution in [0.3, 0.4) is 0 Å². The Balaban J connectivity index is 1.27. The predicted molar refractivity (Wildman–Crippen MR) is 136 cm³/mol. The van der Waals surface area contributed by atoms with Gasteiger partial charge in [-0.05, 0) is 44.5 Å². The number of benzene rings is 2. The van der Waals surface area contributed by atoms with E-state index in [0.29, 0.717) is 39.3 Å². The van der Waals surface area contributed by atoms with Crippen LogP contribution in [0.15, 0.2) is 42.5 Å². The molecular weight excluding hydrogens is 444 g/mol.